The second-order valence-electron chi connectivity index (χ2n) is 7.31. The quantitative estimate of drug-likeness (QED) is 0.475. The molecule has 0 N–H and O–H groups in total. The summed E-state index contributed by atoms with van der Waals surface area (Å²) in [5.41, 5.74) is -1.43. The Balaban J connectivity index is 2.79. The van der Waals surface area contributed by atoms with Gasteiger partial charge in [0.25, 0.3) is 5.69 Å². The normalized spacial score (nSPS) is 12.9. The summed E-state index contributed by atoms with van der Waals surface area (Å²) < 4.78 is 40.0. The first-order chi connectivity index (χ1) is 13.4. The van der Waals surface area contributed by atoms with E-state index in [1.807, 2.05) is 0 Å². The molecule has 0 aliphatic carbocycles. The van der Waals surface area contributed by atoms with E-state index >= 15 is 0 Å². The second kappa shape index (κ2) is 8.63. The summed E-state index contributed by atoms with van der Waals surface area (Å²) in [7, 11) is 0. The van der Waals surface area contributed by atoms with Crippen LogP contribution in [0, 0.1) is 10.1 Å². The van der Waals surface area contributed by atoms with Gasteiger partial charge >= 0.3 is 6.18 Å². The zero-order valence-corrected chi connectivity index (χ0v) is 16.6. The van der Waals surface area contributed by atoms with Crippen LogP contribution < -0.4 is 0 Å². The highest BCUT2D eigenvalue weighted by molar-refractivity contribution is 5.89. The molecule has 0 heterocycles. The van der Waals surface area contributed by atoms with Crippen LogP contribution in [0.2, 0.25) is 0 Å². The zero-order chi connectivity index (χ0) is 21.9. The molecular weight excluding hydrogens is 385 g/mol. The number of amides is 1. The van der Waals surface area contributed by atoms with E-state index in [0.717, 1.165) is 6.07 Å². The van der Waals surface area contributed by atoms with Crippen molar-refractivity contribution in [2.45, 2.75) is 51.9 Å². The number of alkyl halides is 3. The van der Waals surface area contributed by atoms with Crippen LogP contribution in [0.5, 0.6) is 0 Å². The van der Waals surface area contributed by atoms with Gasteiger partial charge < -0.3 is 4.90 Å². The molecule has 0 bridgehead atoms. The van der Waals surface area contributed by atoms with Gasteiger partial charge in [0.1, 0.15) is 0 Å². The number of nitro benzene ring substituents is 1. The maximum absolute atomic E-state index is 13.5. The van der Waals surface area contributed by atoms with E-state index in [9.17, 15) is 28.1 Å². The highest BCUT2D eigenvalue weighted by atomic mass is 19.4. The van der Waals surface area contributed by atoms with Gasteiger partial charge in [-0.25, -0.2) is 0 Å². The fraction of sp³-hybridized carbons (Fsp3) is 0.381. The lowest BCUT2D eigenvalue weighted by molar-refractivity contribution is -0.385. The molecule has 5 nitrogen and oxygen atoms in total. The predicted octanol–water partition coefficient (Wildman–Crippen LogP) is 5.39. The Kier molecular flexibility index (Phi) is 6.66. The summed E-state index contributed by atoms with van der Waals surface area (Å²) in [6.45, 7) is 7.17. The maximum Gasteiger partial charge on any atom is 0.416 e. The highest BCUT2D eigenvalue weighted by Gasteiger charge is 2.38. The number of hydrogen-bond acceptors (Lipinski definition) is 3. The van der Waals surface area contributed by atoms with E-state index in [1.54, 1.807) is 58.0 Å². The van der Waals surface area contributed by atoms with Crippen LogP contribution in [0.1, 0.15) is 50.3 Å². The minimum absolute atomic E-state index is 0.237. The van der Waals surface area contributed by atoms with E-state index in [1.165, 1.54) is 4.90 Å². The summed E-state index contributed by atoms with van der Waals surface area (Å²) in [6, 6.07) is 9.89. The first kappa shape index (κ1) is 22.4. The Labute approximate surface area is 167 Å². The fourth-order valence-corrected chi connectivity index (χ4v) is 3.48. The molecule has 0 aliphatic rings. The average Bonchev–Trinajstić information content (AvgIpc) is 2.61. The Morgan fingerprint density at radius 3 is 2.00 bits per heavy atom. The molecule has 1 unspecified atom stereocenters. The van der Waals surface area contributed by atoms with Crippen LogP contribution in [-0.2, 0) is 11.0 Å². The first-order valence-electron chi connectivity index (χ1n) is 9.17. The van der Waals surface area contributed by atoms with Crippen LogP contribution in [0.3, 0.4) is 0 Å². The molecule has 1 amide bonds. The molecule has 29 heavy (non-hydrogen) atoms. The van der Waals surface area contributed by atoms with Crippen molar-refractivity contribution in [2.24, 2.45) is 0 Å². The number of rotatable bonds is 6. The van der Waals surface area contributed by atoms with E-state index in [2.05, 4.69) is 0 Å². The lowest BCUT2D eigenvalue weighted by Crippen LogP contribution is -2.45. The van der Waals surface area contributed by atoms with Gasteiger partial charge in [0.05, 0.1) is 16.4 Å². The molecule has 0 saturated carbocycles. The standard InChI is InChI=1S/C21H23F3N2O3/c1-13(2)25(14(3)4)20(27)19(15-8-6-5-7-9-15)17-12-16(21(22,23)24)10-11-18(17)26(28)29/h5-14,19H,1-4H3. The number of carbonyl (C=O) groups excluding carboxylic acids is 1. The summed E-state index contributed by atoms with van der Waals surface area (Å²) in [4.78, 5) is 25.8. The molecule has 2 aromatic carbocycles. The van der Waals surface area contributed by atoms with Crippen molar-refractivity contribution in [1.82, 2.24) is 4.90 Å². The Bertz CT molecular complexity index is 872. The third-order valence-corrected chi connectivity index (χ3v) is 4.61. The number of nitrogens with zero attached hydrogens (tertiary/aromatic N) is 2. The Morgan fingerprint density at radius 1 is 1.00 bits per heavy atom. The Hall–Kier alpha value is -2.90. The van der Waals surface area contributed by atoms with Crippen molar-refractivity contribution in [3.05, 3.63) is 75.3 Å². The molecule has 0 aliphatic heterocycles. The van der Waals surface area contributed by atoms with Crippen molar-refractivity contribution < 1.29 is 22.9 Å². The third-order valence-electron chi connectivity index (χ3n) is 4.61. The number of carbonyl (C=O) groups is 1. The summed E-state index contributed by atoms with van der Waals surface area (Å²) in [5, 5.41) is 11.6. The maximum atomic E-state index is 13.5. The summed E-state index contributed by atoms with van der Waals surface area (Å²) in [6.07, 6.45) is -4.69. The van der Waals surface area contributed by atoms with Crippen LogP contribution >= 0.6 is 0 Å². The average molecular weight is 408 g/mol. The van der Waals surface area contributed by atoms with E-state index in [4.69, 9.17) is 0 Å². The van der Waals surface area contributed by atoms with Gasteiger partial charge in [-0.3, -0.25) is 14.9 Å². The van der Waals surface area contributed by atoms with Crippen molar-refractivity contribution in [1.29, 1.82) is 0 Å². The van der Waals surface area contributed by atoms with Gasteiger partial charge in [0, 0.05) is 23.7 Å². The van der Waals surface area contributed by atoms with Crippen molar-refractivity contribution >= 4 is 11.6 Å². The molecule has 0 aromatic heterocycles. The molecule has 0 spiro atoms. The van der Waals surface area contributed by atoms with Crippen LogP contribution in [0.15, 0.2) is 48.5 Å². The molecule has 2 aromatic rings. The number of halogens is 3. The molecule has 1 atom stereocenters. The van der Waals surface area contributed by atoms with Crippen LogP contribution in [-0.4, -0.2) is 27.8 Å². The predicted molar refractivity (Wildman–Crippen MR) is 104 cm³/mol. The third kappa shape index (κ3) is 4.93. The van der Waals surface area contributed by atoms with Gasteiger partial charge in [-0.2, -0.15) is 13.2 Å². The number of benzene rings is 2. The summed E-state index contributed by atoms with van der Waals surface area (Å²) >= 11 is 0. The first-order valence-corrected chi connectivity index (χ1v) is 9.17. The van der Waals surface area contributed by atoms with E-state index in [0.29, 0.717) is 17.7 Å². The van der Waals surface area contributed by atoms with E-state index < -0.39 is 34.2 Å². The van der Waals surface area contributed by atoms with Crippen molar-refractivity contribution in [3.8, 4) is 0 Å². The Morgan fingerprint density at radius 2 is 1.55 bits per heavy atom. The molecule has 0 saturated heterocycles. The van der Waals surface area contributed by atoms with Crippen LogP contribution in [0.4, 0.5) is 18.9 Å². The van der Waals surface area contributed by atoms with Crippen molar-refractivity contribution in [2.75, 3.05) is 0 Å². The monoisotopic (exact) mass is 408 g/mol. The smallest absolute Gasteiger partial charge is 0.337 e. The number of nitro groups is 1. The topological polar surface area (TPSA) is 63.5 Å². The summed E-state index contributed by atoms with van der Waals surface area (Å²) in [5.74, 6) is -1.72. The highest BCUT2D eigenvalue weighted by Crippen LogP contribution is 2.39. The second-order valence-corrected chi connectivity index (χ2v) is 7.31. The van der Waals surface area contributed by atoms with Crippen LogP contribution in [0.25, 0.3) is 0 Å². The molecule has 8 heteroatoms. The minimum Gasteiger partial charge on any atom is -0.337 e. The number of hydrogen-bond donors (Lipinski definition) is 0. The molecule has 0 radical (unpaired) electrons. The van der Waals surface area contributed by atoms with Gasteiger partial charge in [-0.05, 0) is 45.4 Å². The molecular formula is C21H23F3N2O3. The largest absolute Gasteiger partial charge is 0.416 e. The molecule has 2 rings (SSSR count). The van der Waals surface area contributed by atoms with Gasteiger partial charge in [0.2, 0.25) is 5.91 Å². The fourth-order valence-electron chi connectivity index (χ4n) is 3.48. The van der Waals surface area contributed by atoms with Gasteiger partial charge in [-0.1, -0.05) is 30.3 Å². The lowest BCUT2D eigenvalue weighted by Gasteiger charge is -2.34. The SMILES string of the molecule is CC(C)N(C(=O)C(c1ccccc1)c1cc(C(F)(F)F)ccc1[N+](=O)[O-])C(C)C. The van der Waals surface area contributed by atoms with Gasteiger partial charge in [-0.15, -0.1) is 0 Å². The minimum atomic E-state index is -4.69. The van der Waals surface area contributed by atoms with Gasteiger partial charge in [0.15, 0.2) is 0 Å². The lowest BCUT2D eigenvalue weighted by atomic mass is 9.87. The zero-order valence-electron chi connectivity index (χ0n) is 16.6. The van der Waals surface area contributed by atoms with E-state index in [-0.39, 0.29) is 17.6 Å². The van der Waals surface area contributed by atoms with Crippen molar-refractivity contribution in [3.63, 3.8) is 0 Å². The molecule has 156 valence electrons. The molecule has 0 fully saturated rings.